The van der Waals surface area contributed by atoms with Gasteiger partial charge in [0.05, 0.1) is 0 Å². The zero-order valence-corrected chi connectivity index (χ0v) is 21.1. The summed E-state index contributed by atoms with van der Waals surface area (Å²) in [6.45, 7) is 0. The van der Waals surface area contributed by atoms with Crippen LogP contribution in [0, 0.1) is 0 Å². The van der Waals surface area contributed by atoms with E-state index in [9.17, 15) is 0 Å². The van der Waals surface area contributed by atoms with E-state index in [0.717, 1.165) is 0 Å². The van der Waals surface area contributed by atoms with Gasteiger partial charge < -0.3 is 24.6 Å². The first kappa shape index (κ1) is 151. The van der Waals surface area contributed by atoms with Gasteiger partial charge in [0.1, 0.15) is 0 Å². The van der Waals surface area contributed by atoms with E-state index >= 15 is 0 Å². The summed E-state index contributed by atoms with van der Waals surface area (Å²) < 4.78 is 0. The monoisotopic (exact) mass is 812 g/mol. The maximum Gasteiger partial charge on any atom is 0 e. The Labute approximate surface area is 171 Å². The Hall–Kier alpha value is 4.76. The Balaban J connectivity index is 0. The van der Waals surface area contributed by atoms with Crippen molar-refractivity contribution in [2.75, 3.05) is 0 Å². The van der Waals surface area contributed by atoms with Crippen molar-refractivity contribution >= 4 is 0 Å². The minimum atomic E-state index is 0. The first-order valence-corrected chi connectivity index (χ1v) is 0. The first-order valence-electron chi connectivity index (χ1n) is 0. The van der Waals surface area contributed by atoms with Gasteiger partial charge in [-0.25, -0.2) is 0 Å². The van der Waals surface area contributed by atoms with Gasteiger partial charge in [0, 0.05) is 150 Å². The Kier molecular flexibility index (Phi) is 1700. The molecule has 0 spiro atoms. The standard InChI is InChI=1S/4H3N.4Ti.3W/h4*1H3;;;;;;;. The minimum absolute atomic E-state index is 0. The van der Waals surface area contributed by atoms with Gasteiger partial charge in [-0.1, -0.05) is 0 Å². The molecule has 0 aromatic rings. The summed E-state index contributed by atoms with van der Waals surface area (Å²) >= 11 is 0. The average molecular weight is 811 g/mol. The van der Waals surface area contributed by atoms with Gasteiger partial charge in [0.25, 0.3) is 0 Å². The molecule has 0 aromatic heterocycles. The normalized spacial score (nSPS) is 0. The molecule has 0 aliphatic rings. The Bertz CT molecular complexity index is 17.3. The molecule has 0 bridgehead atoms. The summed E-state index contributed by atoms with van der Waals surface area (Å²) in [6, 6.07) is 0. The molecule has 11 heavy (non-hydrogen) atoms. The predicted molar refractivity (Wildman–Crippen MR) is 20.1 cm³/mol. The van der Waals surface area contributed by atoms with Crippen molar-refractivity contribution in [3.8, 4) is 0 Å². The molecule has 0 aliphatic heterocycles. The molecular weight excluding hydrogens is 799 g/mol. The zero-order chi connectivity index (χ0) is 0. The third-order valence-corrected chi connectivity index (χ3v) is 0. The molecule has 12 N–H and O–H groups in total. The molecule has 0 rings (SSSR count). The second kappa shape index (κ2) is 123. The summed E-state index contributed by atoms with van der Waals surface area (Å²) in [5.41, 5.74) is 0. The summed E-state index contributed by atoms with van der Waals surface area (Å²) in [7, 11) is 0. The smallest absolute Gasteiger partial charge is 0 e. The number of rotatable bonds is 0. The van der Waals surface area contributed by atoms with E-state index in [1.54, 1.807) is 0 Å². The fraction of sp³-hybridized carbons (Fsp3) is 0. The molecule has 0 aromatic carbocycles. The molecule has 0 unspecified atom stereocenters. The van der Waals surface area contributed by atoms with E-state index < -0.39 is 0 Å². The summed E-state index contributed by atoms with van der Waals surface area (Å²) in [5, 5.41) is 0. The molecule has 11 heteroatoms. The van der Waals surface area contributed by atoms with Crippen LogP contribution in [0.5, 0.6) is 0 Å². The second-order valence-corrected chi connectivity index (χ2v) is 0. The molecule has 0 atom stereocenters. The van der Waals surface area contributed by atoms with Crippen LogP contribution in [0.1, 0.15) is 0 Å². The molecule has 0 heterocycles. The van der Waals surface area contributed by atoms with Crippen LogP contribution in [0.3, 0.4) is 0 Å². The van der Waals surface area contributed by atoms with Crippen molar-refractivity contribution in [1.82, 2.24) is 24.6 Å². The molecule has 0 fully saturated rings. The zero-order valence-electron chi connectivity index (χ0n) is 6.05. The van der Waals surface area contributed by atoms with Gasteiger partial charge in [-0.15, -0.1) is 0 Å². The van der Waals surface area contributed by atoms with Crippen molar-refractivity contribution in [2.24, 2.45) is 0 Å². The van der Waals surface area contributed by atoms with E-state index in [1.165, 1.54) is 0 Å². The molecule has 0 radical (unpaired) electrons. The van der Waals surface area contributed by atoms with Crippen LogP contribution in [-0.4, -0.2) is 0 Å². The van der Waals surface area contributed by atoms with Crippen LogP contribution in [0.15, 0.2) is 0 Å². The summed E-state index contributed by atoms with van der Waals surface area (Å²) in [6.07, 6.45) is 0. The van der Waals surface area contributed by atoms with Gasteiger partial charge in [0.15, 0.2) is 0 Å². The second-order valence-electron chi connectivity index (χ2n) is 0. The predicted octanol–water partition coefficient (Wildman–Crippen LogP) is 0.630. The van der Waals surface area contributed by atoms with Gasteiger partial charge >= 0.3 is 0 Å². The summed E-state index contributed by atoms with van der Waals surface area (Å²) in [4.78, 5) is 0. The number of hydrogen-bond donors (Lipinski definition) is 4. The van der Waals surface area contributed by atoms with Gasteiger partial charge in [0.2, 0.25) is 0 Å². The van der Waals surface area contributed by atoms with Gasteiger partial charge in [-0.3, -0.25) is 0 Å². The Morgan fingerprint density at radius 1 is 0.273 bits per heavy atom. The van der Waals surface area contributed by atoms with Crippen molar-refractivity contribution < 1.29 is 150 Å². The van der Waals surface area contributed by atoms with E-state index in [1.807, 2.05) is 0 Å². The third-order valence-electron chi connectivity index (χ3n) is 0. The largest absolute Gasteiger partial charge is 0.344 e. The average Bonchev–Trinajstić information content (AvgIpc) is 0. The van der Waals surface area contributed by atoms with Crippen molar-refractivity contribution in [3.63, 3.8) is 0 Å². The maximum atomic E-state index is 0. The topological polar surface area (TPSA) is 140 Å². The van der Waals surface area contributed by atoms with Crippen LogP contribution in [0.2, 0.25) is 0 Å². The van der Waals surface area contributed by atoms with Crippen molar-refractivity contribution in [3.05, 3.63) is 0 Å². The van der Waals surface area contributed by atoms with Crippen molar-refractivity contribution in [2.45, 2.75) is 0 Å². The molecular formula is H12N4Ti4W3. The fourth-order valence-electron chi connectivity index (χ4n) is 0. The van der Waals surface area contributed by atoms with Crippen LogP contribution < -0.4 is 24.6 Å². The van der Waals surface area contributed by atoms with Crippen LogP contribution in [0.4, 0.5) is 0 Å². The summed E-state index contributed by atoms with van der Waals surface area (Å²) in [5.74, 6) is 0. The molecule has 0 amide bonds. The maximum absolute atomic E-state index is 0. The number of hydrogen-bond acceptors (Lipinski definition) is 4. The molecule has 66 valence electrons. The minimum Gasteiger partial charge on any atom is -0.344 e. The van der Waals surface area contributed by atoms with E-state index in [0.29, 0.717) is 0 Å². The van der Waals surface area contributed by atoms with Crippen molar-refractivity contribution in [1.29, 1.82) is 0 Å². The van der Waals surface area contributed by atoms with E-state index in [-0.39, 0.29) is 175 Å². The molecule has 0 saturated heterocycles. The molecule has 0 saturated carbocycles. The Morgan fingerprint density at radius 2 is 0.273 bits per heavy atom. The third kappa shape index (κ3) is 106. The SMILES string of the molecule is N.N.N.N.[Ti].[Ti].[Ti].[Ti].[W].[W].[W]. The van der Waals surface area contributed by atoms with E-state index in [2.05, 4.69) is 0 Å². The fourth-order valence-corrected chi connectivity index (χ4v) is 0. The van der Waals surface area contributed by atoms with E-state index in [4.69, 9.17) is 0 Å². The van der Waals surface area contributed by atoms with Crippen LogP contribution in [-0.2, 0) is 150 Å². The van der Waals surface area contributed by atoms with Crippen LogP contribution >= 0.6 is 0 Å². The molecule has 0 aliphatic carbocycles. The first-order chi connectivity index (χ1) is 0. The quantitative estimate of drug-likeness (QED) is 0.267. The Morgan fingerprint density at radius 3 is 0.273 bits per heavy atom. The van der Waals surface area contributed by atoms with Gasteiger partial charge in [-0.05, 0) is 0 Å². The molecule has 4 nitrogen and oxygen atoms in total. The van der Waals surface area contributed by atoms with Gasteiger partial charge in [-0.2, -0.15) is 0 Å². The van der Waals surface area contributed by atoms with Crippen LogP contribution in [0.25, 0.3) is 0 Å².